The van der Waals surface area contributed by atoms with Crippen LogP contribution in [0.3, 0.4) is 0 Å². The van der Waals surface area contributed by atoms with Crippen LogP contribution in [0, 0.1) is 0 Å². The number of hydrogen-bond acceptors (Lipinski definition) is 6. The first-order valence-corrected chi connectivity index (χ1v) is 11.7. The fraction of sp³-hybridized carbons (Fsp3) is 0.706. The maximum atomic E-state index is 11.7. The summed E-state index contributed by atoms with van der Waals surface area (Å²) in [5, 5.41) is 8.75. The second-order valence-corrected chi connectivity index (χ2v) is 10.1. The minimum atomic E-state index is -2.91. The molecule has 0 spiro atoms. The van der Waals surface area contributed by atoms with E-state index >= 15 is 0 Å². The zero-order chi connectivity index (χ0) is 18.6. The molecule has 2 N–H and O–H groups in total. The van der Waals surface area contributed by atoms with Crippen LogP contribution in [0.5, 0.6) is 0 Å². The Morgan fingerprint density at radius 1 is 1.54 bits per heavy atom. The van der Waals surface area contributed by atoms with Gasteiger partial charge < -0.3 is 15.4 Å². The van der Waals surface area contributed by atoms with Crippen molar-refractivity contribution in [2.45, 2.75) is 31.5 Å². The Hall–Kier alpha value is -1.16. The monoisotopic (exact) mass is 400 g/mol. The lowest BCUT2D eigenvalue weighted by Crippen LogP contribution is -2.49. The van der Waals surface area contributed by atoms with E-state index in [4.69, 9.17) is 4.74 Å². The summed E-state index contributed by atoms with van der Waals surface area (Å²) in [5.41, 5.74) is 0. The maximum absolute atomic E-state index is 11.7. The van der Waals surface area contributed by atoms with Gasteiger partial charge in [0.2, 0.25) is 0 Å². The fourth-order valence-electron chi connectivity index (χ4n) is 3.51. The molecule has 1 aromatic heterocycles. The van der Waals surface area contributed by atoms with Gasteiger partial charge in [-0.15, -0.1) is 11.3 Å². The van der Waals surface area contributed by atoms with Crippen molar-refractivity contribution in [1.82, 2.24) is 15.5 Å². The lowest BCUT2D eigenvalue weighted by molar-refractivity contribution is -0.0334. The van der Waals surface area contributed by atoms with Gasteiger partial charge in [-0.2, -0.15) is 0 Å². The molecule has 2 saturated heterocycles. The normalized spacial score (nSPS) is 28.0. The van der Waals surface area contributed by atoms with Crippen LogP contribution < -0.4 is 10.6 Å². The summed E-state index contributed by atoms with van der Waals surface area (Å²) in [5.74, 6) is 1.10. The quantitative estimate of drug-likeness (QED) is 0.564. The Bertz CT molecular complexity index is 706. The Balaban J connectivity index is 1.61. The third-order valence-corrected chi connectivity index (χ3v) is 7.59. The standard InChI is InChI=1S/C17H28N4O3S2/c1-13-11-21(6-7-24-13)15(16-4-3-8-25-16)10-19-17(18-2)20-14-5-9-26(22,23)12-14/h3-4,8,13-15H,5-7,9-12H2,1-2H3,(H2,18,19,20). The second-order valence-electron chi connectivity index (χ2n) is 6.90. The molecule has 3 atom stereocenters. The van der Waals surface area contributed by atoms with Gasteiger partial charge in [0.25, 0.3) is 0 Å². The first-order valence-electron chi connectivity index (χ1n) is 9.03. The van der Waals surface area contributed by atoms with Crippen molar-refractivity contribution in [3.8, 4) is 0 Å². The van der Waals surface area contributed by atoms with E-state index in [1.54, 1.807) is 18.4 Å². The number of thiophene rings is 1. The number of aliphatic imine (C=N–C) groups is 1. The van der Waals surface area contributed by atoms with Crippen molar-refractivity contribution < 1.29 is 13.2 Å². The summed E-state index contributed by atoms with van der Waals surface area (Å²) in [6, 6.07) is 4.42. The molecule has 146 valence electrons. The van der Waals surface area contributed by atoms with Gasteiger partial charge in [-0.05, 0) is 24.8 Å². The molecule has 9 heteroatoms. The molecule has 26 heavy (non-hydrogen) atoms. The van der Waals surface area contributed by atoms with Crippen LogP contribution in [0.1, 0.15) is 24.3 Å². The number of rotatable bonds is 5. The molecule has 0 radical (unpaired) electrons. The van der Waals surface area contributed by atoms with Crippen LogP contribution in [-0.2, 0) is 14.6 Å². The largest absolute Gasteiger partial charge is 0.376 e. The first-order chi connectivity index (χ1) is 12.5. The highest BCUT2D eigenvalue weighted by molar-refractivity contribution is 7.91. The fourth-order valence-corrected chi connectivity index (χ4v) is 6.04. The molecule has 1 aromatic rings. The topological polar surface area (TPSA) is 83.0 Å². The Kier molecular flexibility index (Phi) is 6.55. The molecule has 0 bridgehead atoms. The van der Waals surface area contributed by atoms with E-state index in [2.05, 4.69) is 45.0 Å². The van der Waals surface area contributed by atoms with Crippen molar-refractivity contribution in [3.63, 3.8) is 0 Å². The second kappa shape index (κ2) is 8.69. The molecule has 3 heterocycles. The molecule has 0 aliphatic carbocycles. The van der Waals surface area contributed by atoms with Gasteiger partial charge in [-0.1, -0.05) is 6.07 Å². The molecule has 2 aliphatic rings. The molecule has 0 amide bonds. The lowest BCUT2D eigenvalue weighted by Gasteiger charge is -2.37. The Labute approximate surface area is 159 Å². The predicted octanol–water partition coefficient (Wildman–Crippen LogP) is 0.862. The number of ether oxygens (including phenoxy) is 1. The molecule has 3 rings (SSSR count). The van der Waals surface area contributed by atoms with Crippen LogP contribution in [-0.4, -0.2) is 76.2 Å². The molecule has 2 fully saturated rings. The van der Waals surface area contributed by atoms with Crippen LogP contribution >= 0.6 is 11.3 Å². The summed E-state index contributed by atoms with van der Waals surface area (Å²) >= 11 is 1.76. The molecular formula is C17H28N4O3S2. The Morgan fingerprint density at radius 2 is 2.38 bits per heavy atom. The molecule has 0 aromatic carbocycles. The molecule has 7 nitrogen and oxygen atoms in total. The van der Waals surface area contributed by atoms with Crippen LogP contribution in [0.2, 0.25) is 0 Å². The van der Waals surface area contributed by atoms with Crippen LogP contribution in [0.15, 0.2) is 22.5 Å². The van der Waals surface area contributed by atoms with Gasteiger partial charge in [0.1, 0.15) is 0 Å². The van der Waals surface area contributed by atoms with E-state index in [9.17, 15) is 8.42 Å². The number of guanidine groups is 1. The third kappa shape index (κ3) is 5.18. The molecular weight excluding hydrogens is 372 g/mol. The number of nitrogens with one attached hydrogen (secondary N) is 2. The zero-order valence-electron chi connectivity index (χ0n) is 15.3. The van der Waals surface area contributed by atoms with Crippen molar-refractivity contribution in [2.75, 3.05) is 44.8 Å². The molecule has 2 aliphatic heterocycles. The summed E-state index contributed by atoms with van der Waals surface area (Å²) < 4.78 is 29.0. The molecule has 0 saturated carbocycles. The van der Waals surface area contributed by atoms with Crippen LogP contribution in [0.25, 0.3) is 0 Å². The summed E-state index contributed by atoms with van der Waals surface area (Å²) in [4.78, 5) is 8.03. The summed E-state index contributed by atoms with van der Waals surface area (Å²) in [6.45, 7) is 5.37. The summed E-state index contributed by atoms with van der Waals surface area (Å²) in [7, 11) is -1.19. The number of sulfone groups is 1. The van der Waals surface area contributed by atoms with E-state index in [0.29, 0.717) is 18.9 Å². The third-order valence-electron chi connectivity index (χ3n) is 4.84. The zero-order valence-corrected chi connectivity index (χ0v) is 17.0. The van der Waals surface area contributed by atoms with Crippen LogP contribution in [0.4, 0.5) is 0 Å². The highest BCUT2D eigenvalue weighted by atomic mass is 32.2. The van der Waals surface area contributed by atoms with E-state index in [1.165, 1.54) is 4.88 Å². The minimum Gasteiger partial charge on any atom is -0.376 e. The summed E-state index contributed by atoms with van der Waals surface area (Å²) in [6.07, 6.45) is 0.866. The minimum absolute atomic E-state index is 0.0604. The van der Waals surface area contributed by atoms with Crippen molar-refractivity contribution >= 4 is 27.1 Å². The highest BCUT2D eigenvalue weighted by Crippen LogP contribution is 2.26. The predicted molar refractivity (Wildman–Crippen MR) is 106 cm³/mol. The van der Waals surface area contributed by atoms with Gasteiger partial charge in [0.15, 0.2) is 15.8 Å². The van der Waals surface area contributed by atoms with Gasteiger partial charge in [-0.3, -0.25) is 9.89 Å². The average molecular weight is 401 g/mol. The van der Waals surface area contributed by atoms with E-state index < -0.39 is 9.84 Å². The number of morpholine rings is 1. The van der Waals surface area contributed by atoms with E-state index in [-0.39, 0.29) is 29.7 Å². The van der Waals surface area contributed by atoms with E-state index in [1.807, 2.05) is 0 Å². The van der Waals surface area contributed by atoms with E-state index in [0.717, 1.165) is 19.7 Å². The van der Waals surface area contributed by atoms with Gasteiger partial charge in [-0.25, -0.2) is 8.42 Å². The van der Waals surface area contributed by atoms with Gasteiger partial charge in [0, 0.05) is 37.6 Å². The number of hydrogen-bond donors (Lipinski definition) is 2. The van der Waals surface area contributed by atoms with Crippen molar-refractivity contribution in [2.24, 2.45) is 4.99 Å². The highest BCUT2D eigenvalue weighted by Gasteiger charge is 2.29. The van der Waals surface area contributed by atoms with Crippen molar-refractivity contribution in [1.29, 1.82) is 0 Å². The first kappa shape index (κ1) is 19.6. The molecule has 3 unspecified atom stereocenters. The number of nitrogens with zero attached hydrogens (tertiary/aromatic N) is 2. The van der Waals surface area contributed by atoms with Gasteiger partial charge in [0.05, 0.1) is 30.3 Å². The maximum Gasteiger partial charge on any atom is 0.191 e. The average Bonchev–Trinajstić information content (AvgIpc) is 3.24. The Morgan fingerprint density at radius 3 is 3.00 bits per heavy atom. The smallest absolute Gasteiger partial charge is 0.191 e. The SMILES string of the molecule is CN=C(NCC(c1cccs1)N1CCOC(C)C1)NC1CCS(=O)(=O)C1. The van der Waals surface area contributed by atoms with Crippen molar-refractivity contribution in [3.05, 3.63) is 22.4 Å². The van der Waals surface area contributed by atoms with Gasteiger partial charge >= 0.3 is 0 Å². The lowest BCUT2D eigenvalue weighted by atomic mass is 10.1.